The zero-order valence-electron chi connectivity index (χ0n) is 11.2. The van der Waals surface area contributed by atoms with Gasteiger partial charge in [-0.05, 0) is 59.7 Å². The van der Waals surface area contributed by atoms with Crippen LogP contribution in [0.4, 0.5) is 5.69 Å². The lowest BCUT2D eigenvalue weighted by Crippen LogP contribution is -2.14. The number of rotatable bonds is 4. The minimum Gasteiger partial charge on any atom is -0.399 e. The van der Waals surface area contributed by atoms with Gasteiger partial charge in [-0.2, -0.15) is 0 Å². The number of nitrogens with two attached hydrogens (primary N) is 2. The molecule has 0 radical (unpaired) electrons. The van der Waals surface area contributed by atoms with E-state index in [0.29, 0.717) is 27.3 Å². The Morgan fingerprint density at radius 2 is 2.10 bits per heavy atom. The molecule has 0 atom stereocenters. The summed E-state index contributed by atoms with van der Waals surface area (Å²) in [7, 11) is -3.82. The second-order valence-corrected chi connectivity index (χ2v) is 7.47. The number of primary sulfonamides is 1. The minimum atomic E-state index is -3.82. The van der Waals surface area contributed by atoms with Crippen LogP contribution in [0.25, 0.3) is 0 Å². The Kier molecular flexibility index (Phi) is 3.38. The second kappa shape index (κ2) is 4.97. The summed E-state index contributed by atoms with van der Waals surface area (Å²) in [5, 5.41) is 17.4. The van der Waals surface area contributed by atoms with Gasteiger partial charge in [-0.1, -0.05) is 0 Å². The first-order valence-electron chi connectivity index (χ1n) is 6.25. The van der Waals surface area contributed by atoms with Crippen LogP contribution in [-0.4, -0.2) is 28.6 Å². The molecule has 0 aliphatic heterocycles. The smallest absolute Gasteiger partial charge is 0.238 e. The number of sulfonamides is 1. The predicted octanol–water partition coefficient (Wildman–Crippen LogP) is 0.697. The molecular weight excluding hydrogens is 312 g/mol. The van der Waals surface area contributed by atoms with E-state index in [1.54, 1.807) is 17.7 Å². The third-order valence-electron chi connectivity index (χ3n) is 3.20. The van der Waals surface area contributed by atoms with Crippen LogP contribution in [0, 0.1) is 6.92 Å². The number of aromatic nitrogens is 4. The van der Waals surface area contributed by atoms with Crippen LogP contribution in [0.15, 0.2) is 27.1 Å². The van der Waals surface area contributed by atoms with Gasteiger partial charge in [0.25, 0.3) is 0 Å². The molecule has 0 unspecified atom stereocenters. The van der Waals surface area contributed by atoms with Crippen LogP contribution >= 0.6 is 11.8 Å². The van der Waals surface area contributed by atoms with Gasteiger partial charge in [0.15, 0.2) is 0 Å². The van der Waals surface area contributed by atoms with Gasteiger partial charge < -0.3 is 5.73 Å². The lowest BCUT2D eigenvalue weighted by atomic mass is 10.2. The standard InChI is InChI=1S/C11H14N6O2S2/c1-6-9(4-7(12)5-10(6)21(13,18)19)20-11-14-15-16-17(11)8-2-3-8/h4-5,8H,2-3,12H2,1H3,(H2,13,18,19). The average molecular weight is 326 g/mol. The van der Waals surface area contributed by atoms with Crippen molar-refractivity contribution in [2.24, 2.45) is 5.14 Å². The number of anilines is 1. The van der Waals surface area contributed by atoms with Gasteiger partial charge in [-0.25, -0.2) is 18.2 Å². The van der Waals surface area contributed by atoms with Crippen molar-refractivity contribution in [2.45, 2.75) is 40.8 Å². The zero-order chi connectivity index (χ0) is 15.2. The maximum Gasteiger partial charge on any atom is 0.238 e. The molecule has 1 aliphatic carbocycles. The van der Waals surface area contributed by atoms with Crippen LogP contribution in [0.2, 0.25) is 0 Å². The third kappa shape index (κ3) is 2.87. The number of benzene rings is 1. The molecule has 2 aromatic rings. The molecule has 0 saturated heterocycles. The average Bonchev–Trinajstić information content (AvgIpc) is 3.13. The van der Waals surface area contributed by atoms with E-state index in [4.69, 9.17) is 10.9 Å². The maximum atomic E-state index is 11.6. The lowest BCUT2D eigenvalue weighted by molar-refractivity contribution is 0.565. The van der Waals surface area contributed by atoms with Crippen molar-refractivity contribution in [1.82, 2.24) is 20.2 Å². The molecule has 4 N–H and O–H groups in total. The molecule has 8 nitrogen and oxygen atoms in total. The molecule has 0 spiro atoms. The molecule has 1 aromatic heterocycles. The number of nitrogens with zero attached hydrogens (tertiary/aromatic N) is 4. The molecule has 112 valence electrons. The Balaban J connectivity index is 2.02. The second-order valence-electron chi connectivity index (χ2n) is 4.93. The summed E-state index contributed by atoms with van der Waals surface area (Å²) in [6.07, 6.45) is 2.11. The Morgan fingerprint density at radius 3 is 2.71 bits per heavy atom. The van der Waals surface area contributed by atoms with E-state index in [0.717, 1.165) is 12.8 Å². The summed E-state index contributed by atoms with van der Waals surface area (Å²) >= 11 is 1.29. The SMILES string of the molecule is Cc1c(Sc2nnnn2C2CC2)cc(N)cc1S(N)(=O)=O. The highest BCUT2D eigenvalue weighted by Crippen LogP contribution is 2.39. The summed E-state index contributed by atoms with van der Waals surface area (Å²) < 4.78 is 25.0. The van der Waals surface area contributed by atoms with Gasteiger partial charge in [-0.3, -0.25) is 0 Å². The molecule has 1 fully saturated rings. The van der Waals surface area contributed by atoms with Crippen molar-refractivity contribution < 1.29 is 8.42 Å². The van der Waals surface area contributed by atoms with Gasteiger partial charge in [0.2, 0.25) is 15.2 Å². The highest BCUT2D eigenvalue weighted by molar-refractivity contribution is 7.99. The van der Waals surface area contributed by atoms with Crippen LogP contribution in [-0.2, 0) is 10.0 Å². The van der Waals surface area contributed by atoms with E-state index < -0.39 is 10.0 Å². The van der Waals surface area contributed by atoms with E-state index in [2.05, 4.69) is 15.5 Å². The van der Waals surface area contributed by atoms with E-state index in [1.165, 1.54) is 17.8 Å². The highest BCUT2D eigenvalue weighted by atomic mass is 32.2. The van der Waals surface area contributed by atoms with Gasteiger partial charge in [0, 0.05) is 10.6 Å². The van der Waals surface area contributed by atoms with Crippen molar-refractivity contribution in [2.75, 3.05) is 5.73 Å². The van der Waals surface area contributed by atoms with Crippen LogP contribution in [0.3, 0.4) is 0 Å². The Morgan fingerprint density at radius 1 is 1.38 bits per heavy atom. The molecule has 0 amide bonds. The van der Waals surface area contributed by atoms with Crippen molar-refractivity contribution in [3.05, 3.63) is 17.7 Å². The number of hydrogen-bond acceptors (Lipinski definition) is 7. The van der Waals surface area contributed by atoms with Crippen LogP contribution < -0.4 is 10.9 Å². The van der Waals surface area contributed by atoms with Crippen molar-refractivity contribution >= 4 is 27.5 Å². The summed E-state index contributed by atoms with van der Waals surface area (Å²) in [5.74, 6) is 0. The summed E-state index contributed by atoms with van der Waals surface area (Å²) in [4.78, 5) is 0.700. The van der Waals surface area contributed by atoms with Gasteiger partial charge in [0.1, 0.15) is 0 Å². The number of nitrogen functional groups attached to an aromatic ring is 1. The Hall–Kier alpha value is -1.65. The lowest BCUT2D eigenvalue weighted by Gasteiger charge is -2.10. The Labute approximate surface area is 125 Å². The van der Waals surface area contributed by atoms with E-state index in [-0.39, 0.29) is 4.90 Å². The summed E-state index contributed by atoms with van der Waals surface area (Å²) in [6.45, 7) is 1.69. The van der Waals surface area contributed by atoms with E-state index >= 15 is 0 Å². The minimum absolute atomic E-state index is 0.0236. The molecule has 10 heteroatoms. The first-order chi connectivity index (χ1) is 9.86. The number of tetrazole rings is 1. The quantitative estimate of drug-likeness (QED) is 0.791. The topological polar surface area (TPSA) is 130 Å². The fourth-order valence-corrected chi connectivity index (χ4v) is 3.90. The monoisotopic (exact) mass is 326 g/mol. The molecule has 1 aliphatic rings. The summed E-state index contributed by atoms with van der Waals surface area (Å²) in [5.41, 5.74) is 6.65. The van der Waals surface area contributed by atoms with Gasteiger partial charge >= 0.3 is 0 Å². The van der Waals surface area contributed by atoms with Crippen molar-refractivity contribution in [3.63, 3.8) is 0 Å². The molecule has 3 rings (SSSR count). The fraction of sp³-hybridized carbons (Fsp3) is 0.364. The molecule has 21 heavy (non-hydrogen) atoms. The molecular formula is C11H14N6O2S2. The first kappa shape index (κ1) is 14.3. The third-order valence-corrected chi connectivity index (χ3v) is 5.33. The molecule has 1 aromatic carbocycles. The van der Waals surface area contributed by atoms with Gasteiger partial charge in [0.05, 0.1) is 10.9 Å². The zero-order valence-corrected chi connectivity index (χ0v) is 12.9. The Bertz CT molecular complexity index is 797. The highest BCUT2D eigenvalue weighted by Gasteiger charge is 2.28. The van der Waals surface area contributed by atoms with Crippen LogP contribution in [0.5, 0.6) is 0 Å². The predicted molar refractivity (Wildman–Crippen MR) is 77.2 cm³/mol. The van der Waals surface area contributed by atoms with Crippen molar-refractivity contribution in [3.8, 4) is 0 Å². The van der Waals surface area contributed by atoms with E-state index in [1.807, 2.05) is 0 Å². The van der Waals surface area contributed by atoms with E-state index in [9.17, 15) is 8.42 Å². The largest absolute Gasteiger partial charge is 0.399 e. The summed E-state index contributed by atoms with van der Waals surface area (Å²) in [6, 6.07) is 3.39. The molecule has 1 saturated carbocycles. The van der Waals surface area contributed by atoms with Crippen molar-refractivity contribution in [1.29, 1.82) is 0 Å². The first-order valence-corrected chi connectivity index (χ1v) is 8.61. The normalized spacial score (nSPS) is 15.3. The van der Waals surface area contributed by atoms with Gasteiger partial charge in [-0.15, -0.1) is 5.10 Å². The molecule has 1 heterocycles. The maximum absolute atomic E-state index is 11.6. The van der Waals surface area contributed by atoms with Crippen LogP contribution in [0.1, 0.15) is 24.4 Å². The molecule has 0 bridgehead atoms. The number of hydrogen-bond donors (Lipinski definition) is 2. The fourth-order valence-electron chi connectivity index (χ4n) is 1.98.